The highest BCUT2D eigenvalue weighted by molar-refractivity contribution is 7.52. The molecule has 0 rings (SSSR count). The third kappa shape index (κ3) is 7.06. The standard InChI is InChI=1S/C8H17O5P/c1-3-4-6-13-14(10,11)7-5-8(9)12-2/h3-7H2,1-2H3,(H,10,11). The van der Waals surface area contributed by atoms with Crippen LogP contribution >= 0.6 is 7.60 Å². The molecule has 14 heavy (non-hydrogen) atoms. The van der Waals surface area contributed by atoms with Crippen LogP contribution in [0.4, 0.5) is 0 Å². The van der Waals surface area contributed by atoms with Gasteiger partial charge in [0.2, 0.25) is 0 Å². The van der Waals surface area contributed by atoms with Gasteiger partial charge in [0, 0.05) is 0 Å². The van der Waals surface area contributed by atoms with Crippen molar-refractivity contribution in [3.63, 3.8) is 0 Å². The van der Waals surface area contributed by atoms with Crippen LogP contribution in [0.1, 0.15) is 26.2 Å². The van der Waals surface area contributed by atoms with Gasteiger partial charge in [0.1, 0.15) is 0 Å². The van der Waals surface area contributed by atoms with Gasteiger partial charge in [0.25, 0.3) is 0 Å². The van der Waals surface area contributed by atoms with Gasteiger partial charge in [0.15, 0.2) is 0 Å². The van der Waals surface area contributed by atoms with Gasteiger partial charge in [-0.2, -0.15) is 0 Å². The van der Waals surface area contributed by atoms with Crippen LogP contribution in [-0.4, -0.2) is 30.7 Å². The van der Waals surface area contributed by atoms with Crippen LogP contribution in [0.15, 0.2) is 0 Å². The molecule has 1 unspecified atom stereocenters. The molecule has 1 N–H and O–H groups in total. The Morgan fingerprint density at radius 2 is 2.14 bits per heavy atom. The predicted octanol–water partition coefficient (Wildman–Crippen LogP) is 1.55. The first-order chi connectivity index (χ1) is 6.52. The number of esters is 1. The summed E-state index contributed by atoms with van der Waals surface area (Å²) in [5.74, 6) is -0.502. The van der Waals surface area contributed by atoms with E-state index in [1.807, 2.05) is 6.92 Å². The van der Waals surface area contributed by atoms with E-state index in [2.05, 4.69) is 4.74 Å². The van der Waals surface area contributed by atoms with Gasteiger partial charge in [-0.1, -0.05) is 13.3 Å². The van der Waals surface area contributed by atoms with Crippen molar-refractivity contribution >= 4 is 13.6 Å². The highest BCUT2D eigenvalue weighted by atomic mass is 31.2. The Labute approximate surface area is 83.9 Å². The number of ether oxygens (including phenoxy) is 1. The van der Waals surface area contributed by atoms with Gasteiger partial charge in [-0.15, -0.1) is 0 Å². The van der Waals surface area contributed by atoms with Gasteiger partial charge < -0.3 is 14.2 Å². The quantitative estimate of drug-likeness (QED) is 0.403. The second-order valence-electron chi connectivity index (χ2n) is 2.87. The zero-order valence-electron chi connectivity index (χ0n) is 8.56. The molecule has 0 spiro atoms. The van der Waals surface area contributed by atoms with Crippen molar-refractivity contribution in [2.75, 3.05) is 19.9 Å². The summed E-state index contributed by atoms with van der Waals surface area (Å²) in [6.07, 6.45) is 1.37. The molecule has 0 heterocycles. The molecule has 6 heteroatoms. The molecular formula is C8H17O5P. The Hall–Kier alpha value is -0.380. The maximum atomic E-state index is 11.2. The van der Waals surface area contributed by atoms with Crippen molar-refractivity contribution in [2.45, 2.75) is 26.2 Å². The number of unbranched alkanes of at least 4 members (excludes halogenated alkanes) is 1. The second kappa shape index (κ2) is 6.98. The van der Waals surface area contributed by atoms with Crippen LogP contribution in [0.5, 0.6) is 0 Å². The molecule has 84 valence electrons. The number of methoxy groups -OCH3 is 1. The van der Waals surface area contributed by atoms with E-state index in [1.54, 1.807) is 0 Å². The van der Waals surface area contributed by atoms with Crippen LogP contribution in [0.2, 0.25) is 0 Å². The summed E-state index contributed by atoms with van der Waals surface area (Å²) >= 11 is 0. The Bertz CT molecular complexity index is 216. The molecule has 0 aliphatic rings. The number of rotatable bonds is 7. The lowest BCUT2D eigenvalue weighted by molar-refractivity contribution is -0.140. The van der Waals surface area contributed by atoms with Gasteiger partial charge >= 0.3 is 13.6 Å². The van der Waals surface area contributed by atoms with Gasteiger partial charge in [0.05, 0.1) is 26.3 Å². The van der Waals surface area contributed by atoms with Crippen LogP contribution < -0.4 is 0 Å². The first-order valence-corrected chi connectivity index (χ1v) is 6.31. The highest BCUT2D eigenvalue weighted by Crippen LogP contribution is 2.42. The summed E-state index contributed by atoms with van der Waals surface area (Å²) < 4.78 is 20.3. The summed E-state index contributed by atoms with van der Waals surface area (Å²) in [7, 11) is -2.35. The molecule has 0 saturated carbocycles. The van der Waals surface area contributed by atoms with E-state index < -0.39 is 13.6 Å². The Balaban J connectivity index is 3.72. The van der Waals surface area contributed by atoms with E-state index >= 15 is 0 Å². The van der Waals surface area contributed by atoms with E-state index in [9.17, 15) is 14.3 Å². The monoisotopic (exact) mass is 224 g/mol. The van der Waals surface area contributed by atoms with Crippen LogP contribution in [0.25, 0.3) is 0 Å². The van der Waals surface area contributed by atoms with E-state index in [-0.39, 0.29) is 19.2 Å². The van der Waals surface area contributed by atoms with E-state index in [0.29, 0.717) is 0 Å². The number of carbonyl (C=O) groups is 1. The highest BCUT2D eigenvalue weighted by Gasteiger charge is 2.20. The minimum Gasteiger partial charge on any atom is -0.469 e. The lowest BCUT2D eigenvalue weighted by atomic mass is 10.4. The third-order valence-corrected chi connectivity index (χ3v) is 2.99. The first kappa shape index (κ1) is 13.6. The third-order valence-electron chi connectivity index (χ3n) is 1.62. The molecule has 0 aliphatic heterocycles. The maximum absolute atomic E-state index is 11.2. The largest absolute Gasteiger partial charge is 0.469 e. The lowest BCUT2D eigenvalue weighted by Crippen LogP contribution is -2.05. The fraction of sp³-hybridized carbons (Fsp3) is 0.875. The summed E-state index contributed by atoms with van der Waals surface area (Å²) in [6, 6.07) is 0. The molecule has 0 bridgehead atoms. The number of carbonyl (C=O) groups excluding carboxylic acids is 1. The molecule has 0 fully saturated rings. The molecule has 0 aromatic heterocycles. The summed E-state index contributed by atoms with van der Waals surface area (Å²) in [4.78, 5) is 19.9. The smallest absolute Gasteiger partial charge is 0.328 e. The van der Waals surface area contributed by atoms with E-state index in [4.69, 9.17) is 4.52 Å². The molecule has 0 saturated heterocycles. The van der Waals surface area contributed by atoms with Crippen molar-refractivity contribution in [3.8, 4) is 0 Å². The molecule has 0 aromatic carbocycles. The Morgan fingerprint density at radius 1 is 1.50 bits per heavy atom. The Kier molecular flexibility index (Phi) is 6.79. The topological polar surface area (TPSA) is 72.8 Å². The molecule has 0 radical (unpaired) electrons. The van der Waals surface area contributed by atoms with Crippen LogP contribution in [0.3, 0.4) is 0 Å². The average molecular weight is 224 g/mol. The van der Waals surface area contributed by atoms with Gasteiger partial charge in [-0.25, -0.2) is 0 Å². The van der Waals surface area contributed by atoms with E-state index in [1.165, 1.54) is 7.11 Å². The Morgan fingerprint density at radius 3 is 2.64 bits per heavy atom. The van der Waals surface area contributed by atoms with Crippen molar-refractivity contribution in [1.29, 1.82) is 0 Å². The van der Waals surface area contributed by atoms with Crippen LogP contribution in [-0.2, 0) is 18.6 Å². The number of hydrogen-bond donors (Lipinski definition) is 1. The van der Waals surface area contributed by atoms with Crippen molar-refractivity contribution in [1.82, 2.24) is 0 Å². The molecule has 0 aliphatic carbocycles. The summed E-state index contributed by atoms with van der Waals surface area (Å²) in [6.45, 7) is 2.21. The zero-order valence-corrected chi connectivity index (χ0v) is 9.46. The van der Waals surface area contributed by atoms with Gasteiger partial charge in [-0.3, -0.25) is 9.36 Å². The lowest BCUT2D eigenvalue weighted by Gasteiger charge is -2.10. The van der Waals surface area contributed by atoms with Crippen molar-refractivity contribution in [2.24, 2.45) is 0 Å². The van der Waals surface area contributed by atoms with Gasteiger partial charge in [-0.05, 0) is 6.42 Å². The fourth-order valence-corrected chi connectivity index (χ4v) is 1.76. The SMILES string of the molecule is CCCCOP(=O)(O)CCC(=O)OC. The summed E-state index contributed by atoms with van der Waals surface area (Å²) in [5, 5.41) is 0. The molecule has 5 nitrogen and oxygen atoms in total. The predicted molar refractivity (Wildman–Crippen MR) is 52.2 cm³/mol. The second-order valence-corrected chi connectivity index (χ2v) is 4.85. The maximum Gasteiger partial charge on any atom is 0.328 e. The first-order valence-electron chi connectivity index (χ1n) is 4.55. The minimum atomic E-state index is -3.59. The normalized spacial score (nSPS) is 14.8. The number of hydrogen-bond acceptors (Lipinski definition) is 4. The van der Waals surface area contributed by atoms with Crippen molar-refractivity contribution in [3.05, 3.63) is 0 Å². The van der Waals surface area contributed by atoms with E-state index in [0.717, 1.165) is 12.8 Å². The average Bonchev–Trinajstić information content (AvgIpc) is 2.14. The van der Waals surface area contributed by atoms with Crippen molar-refractivity contribution < 1.29 is 23.5 Å². The molecule has 0 aromatic rings. The zero-order chi connectivity index (χ0) is 11.0. The molecular weight excluding hydrogens is 207 g/mol. The molecule has 1 atom stereocenters. The molecule has 0 amide bonds. The van der Waals surface area contributed by atoms with Crippen LogP contribution in [0, 0.1) is 0 Å². The fourth-order valence-electron chi connectivity index (χ4n) is 0.751. The minimum absolute atomic E-state index is 0.0869. The summed E-state index contributed by atoms with van der Waals surface area (Å²) in [5.41, 5.74) is 0.